The van der Waals surface area contributed by atoms with E-state index in [0.717, 1.165) is 31.8 Å². The fraction of sp³-hybridized carbons (Fsp3) is 0.333. The van der Waals surface area contributed by atoms with Gasteiger partial charge in [0.25, 0.3) is 0 Å². The van der Waals surface area contributed by atoms with Crippen LogP contribution >= 0.6 is 0 Å². The summed E-state index contributed by atoms with van der Waals surface area (Å²) in [6.45, 7) is 4.70. The molecule has 2 aromatic carbocycles. The molecule has 1 fully saturated rings. The van der Waals surface area contributed by atoms with Crippen molar-refractivity contribution in [1.82, 2.24) is 4.90 Å². The van der Waals surface area contributed by atoms with Gasteiger partial charge in [-0.25, -0.2) is 14.0 Å². The summed E-state index contributed by atoms with van der Waals surface area (Å²) in [5.41, 5.74) is 2.42. The fourth-order valence-corrected chi connectivity index (χ4v) is 3.22. The van der Waals surface area contributed by atoms with Crippen molar-refractivity contribution in [1.29, 1.82) is 0 Å². The van der Waals surface area contributed by atoms with E-state index in [2.05, 4.69) is 35.2 Å². The Balaban J connectivity index is 0.000000366. The molecule has 7 heteroatoms. The molecule has 2 N–H and O–H groups in total. The van der Waals surface area contributed by atoms with Gasteiger partial charge in [0.2, 0.25) is 0 Å². The molecule has 1 aliphatic rings. The molecular weight excluding hydrogens is 401 g/mol. The molecule has 0 bridgehead atoms. The molecule has 0 radical (unpaired) electrons. The van der Waals surface area contributed by atoms with E-state index in [-0.39, 0.29) is 5.82 Å². The third-order valence-corrected chi connectivity index (χ3v) is 4.86. The molecule has 0 unspecified atom stereocenters. The van der Waals surface area contributed by atoms with Gasteiger partial charge in [-0.05, 0) is 55.1 Å². The number of benzene rings is 2. The number of rotatable bonds is 8. The number of nitrogens with zero attached hydrogens (tertiary/aromatic N) is 1. The van der Waals surface area contributed by atoms with Crippen LogP contribution in [0, 0.1) is 11.7 Å². The Hall–Kier alpha value is -3.03. The Morgan fingerprint density at radius 2 is 1.52 bits per heavy atom. The quantitative estimate of drug-likeness (QED) is 0.618. The number of carboxylic acid groups (broad SMARTS) is 2. The summed E-state index contributed by atoms with van der Waals surface area (Å²) in [5, 5.41) is 15.6. The first-order valence-corrected chi connectivity index (χ1v) is 10.1. The molecule has 31 heavy (non-hydrogen) atoms. The van der Waals surface area contributed by atoms with E-state index >= 15 is 0 Å². The minimum absolute atomic E-state index is 0.195. The van der Waals surface area contributed by atoms with Crippen molar-refractivity contribution >= 4 is 11.9 Å². The summed E-state index contributed by atoms with van der Waals surface area (Å²) in [6, 6.07) is 17.2. The lowest BCUT2D eigenvalue weighted by Crippen LogP contribution is -2.34. The lowest BCUT2D eigenvalue weighted by molar-refractivity contribution is -0.134. The molecule has 166 valence electrons. The van der Waals surface area contributed by atoms with Crippen LogP contribution in [0.3, 0.4) is 0 Å². The van der Waals surface area contributed by atoms with Crippen LogP contribution in [0.1, 0.15) is 24.0 Å². The second-order valence-corrected chi connectivity index (χ2v) is 7.36. The first-order valence-electron chi connectivity index (χ1n) is 10.1. The lowest BCUT2D eigenvalue weighted by atomic mass is 9.97. The van der Waals surface area contributed by atoms with E-state index < -0.39 is 11.9 Å². The smallest absolute Gasteiger partial charge is 0.328 e. The standard InChI is InChI=1S/C20H24FNO.C4H4O4/c21-20-8-6-18(7-9-20)15-23-16-19-10-12-22(13-11-19)14-17-4-2-1-3-5-17;5-3(6)1-2-4(7)8/h1-9,19H,10-16H2;1-2H,(H,5,6)(H,7,8)/b;2-1-. The van der Waals surface area contributed by atoms with Gasteiger partial charge in [0.05, 0.1) is 6.61 Å². The normalized spacial score (nSPS) is 14.7. The molecule has 0 atom stereocenters. The Morgan fingerprint density at radius 3 is 2.06 bits per heavy atom. The molecule has 1 heterocycles. The maximum atomic E-state index is 12.8. The predicted octanol–water partition coefficient (Wildman–Crippen LogP) is 3.97. The lowest BCUT2D eigenvalue weighted by Gasteiger charge is -2.31. The summed E-state index contributed by atoms with van der Waals surface area (Å²) in [7, 11) is 0. The maximum Gasteiger partial charge on any atom is 0.328 e. The molecule has 0 aromatic heterocycles. The number of halogens is 1. The van der Waals surface area contributed by atoms with Crippen LogP contribution in [-0.2, 0) is 27.5 Å². The number of hydrogen-bond donors (Lipinski definition) is 2. The number of ether oxygens (including phenoxy) is 1. The number of likely N-dealkylation sites (tertiary alicyclic amines) is 1. The fourth-order valence-electron chi connectivity index (χ4n) is 3.22. The summed E-state index contributed by atoms with van der Waals surface area (Å²) in [5.74, 6) is -2.07. The minimum atomic E-state index is -1.26. The molecule has 0 aliphatic carbocycles. The van der Waals surface area contributed by atoms with Gasteiger partial charge in [-0.1, -0.05) is 42.5 Å². The van der Waals surface area contributed by atoms with E-state index in [1.165, 1.54) is 30.5 Å². The number of piperidine rings is 1. The Labute approximate surface area is 181 Å². The topological polar surface area (TPSA) is 87.1 Å². The molecule has 1 aliphatic heterocycles. The average Bonchev–Trinajstić information content (AvgIpc) is 2.76. The van der Waals surface area contributed by atoms with Crippen molar-refractivity contribution in [2.24, 2.45) is 5.92 Å². The van der Waals surface area contributed by atoms with Gasteiger partial charge in [0.1, 0.15) is 5.82 Å². The summed E-state index contributed by atoms with van der Waals surface area (Å²) in [4.78, 5) is 21.6. The van der Waals surface area contributed by atoms with Gasteiger partial charge >= 0.3 is 11.9 Å². The molecule has 1 saturated heterocycles. The second-order valence-electron chi connectivity index (χ2n) is 7.36. The van der Waals surface area contributed by atoms with E-state index in [9.17, 15) is 14.0 Å². The van der Waals surface area contributed by atoms with Crippen LogP contribution < -0.4 is 0 Å². The molecule has 0 spiro atoms. The molecule has 6 nitrogen and oxygen atoms in total. The number of carbonyl (C=O) groups is 2. The minimum Gasteiger partial charge on any atom is -0.478 e. The summed E-state index contributed by atoms with van der Waals surface area (Å²) < 4.78 is 18.7. The predicted molar refractivity (Wildman–Crippen MR) is 115 cm³/mol. The van der Waals surface area contributed by atoms with Gasteiger partial charge in [-0.15, -0.1) is 0 Å². The van der Waals surface area contributed by atoms with Gasteiger partial charge in [0.15, 0.2) is 0 Å². The first-order chi connectivity index (χ1) is 14.9. The second kappa shape index (κ2) is 13.3. The zero-order chi connectivity index (χ0) is 22.5. The van der Waals surface area contributed by atoms with Crippen molar-refractivity contribution < 1.29 is 28.9 Å². The van der Waals surface area contributed by atoms with Gasteiger partial charge in [0, 0.05) is 25.3 Å². The average molecular weight is 429 g/mol. The van der Waals surface area contributed by atoms with E-state index in [1.54, 1.807) is 12.1 Å². The largest absolute Gasteiger partial charge is 0.478 e. The zero-order valence-corrected chi connectivity index (χ0v) is 17.3. The first kappa shape index (κ1) is 24.2. The van der Waals surface area contributed by atoms with E-state index in [0.29, 0.717) is 24.7 Å². The van der Waals surface area contributed by atoms with Crippen LogP contribution in [0.15, 0.2) is 66.7 Å². The zero-order valence-electron chi connectivity index (χ0n) is 17.3. The highest BCUT2D eigenvalue weighted by Crippen LogP contribution is 2.20. The maximum absolute atomic E-state index is 12.8. The Bertz CT molecular complexity index is 815. The monoisotopic (exact) mass is 429 g/mol. The molecule has 3 rings (SSSR count). The van der Waals surface area contributed by atoms with E-state index in [4.69, 9.17) is 14.9 Å². The van der Waals surface area contributed by atoms with Gasteiger partial charge < -0.3 is 14.9 Å². The third-order valence-electron chi connectivity index (χ3n) is 4.86. The highest BCUT2D eigenvalue weighted by molar-refractivity contribution is 5.89. The van der Waals surface area contributed by atoms with Crippen molar-refractivity contribution in [3.63, 3.8) is 0 Å². The Morgan fingerprint density at radius 1 is 0.935 bits per heavy atom. The summed E-state index contributed by atoms with van der Waals surface area (Å²) >= 11 is 0. The van der Waals surface area contributed by atoms with E-state index in [1.807, 2.05) is 0 Å². The number of aliphatic carboxylic acids is 2. The van der Waals surface area contributed by atoms with Gasteiger partial charge in [-0.2, -0.15) is 0 Å². The van der Waals surface area contributed by atoms with Crippen molar-refractivity contribution in [3.05, 3.63) is 83.7 Å². The Kier molecular flexibility index (Phi) is 10.4. The SMILES string of the molecule is Fc1ccc(COCC2CCN(Cc3ccccc3)CC2)cc1.O=C(O)/C=C\C(=O)O. The summed E-state index contributed by atoms with van der Waals surface area (Å²) in [6.07, 6.45) is 3.50. The van der Waals surface area contributed by atoms with Crippen LogP contribution in [0.25, 0.3) is 0 Å². The number of hydrogen-bond acceptors (Lipinski definition) is 4. The van der Waals surface area contributed by atoms with Crippen molar-refractivity contribution in [2.45, 2.75) is 26.0 Å². The molecule has 0 amide bonds. The van der Waals surface area contributed by atoms with Crippen LogP contribution in [-0.4, -0.2) is 46.7 Å². The van der Waals surface area contributed by atoms with Gasteiger partial charge in [-0.3, -0.25) is 4.90 Å². The van der Waals surface area contributed by atoms with Crippen LogP contribution in [0.2, 0.25) is 0 Å². The number of carboxylic acids is 2. The van der Waals surface area contributed by atoms with Crippen molar-refractivity contribution in [3.8, 4) is 0 Å². The highest BCUT2D eigenvalue weighted by Gasteiger charge is 2.19. The van der Waals surface area contributed by atoms with Crippen LogP contribution in [0.4, 0.5) is 4.39 Å². The molecule has 2 aromatic rings. The third kappa shape index (κ3) is 10.5. The highest BCUT2D eigenvalue weighted by atomic mass is 19.1. The molecular formula is C24H28FNO5. The van der Waals surface area contributed by atoms with Crippen LogP contribution in [0.5, 0.6) is 0 Å². The molecule has 0 saturated carbocycles. The van der Waals surface area contributed by atoms with Crippen molar-refractivity contribution in [2.75, 3.05) is 19.7 Å².